The van der Waals surface area contributed by atoms with Crippen LogP contribution in [0.4, 0.5) is 10.1 Å². The van der Waals surface area contributed by atoms with E-state index in [1.54, 1.807) is 11.7 Å². The Morgan fingerprint density at radius 3 is 2.75 bits per heavy atom. The second kappa shape index (κ2) is 8.84. The van der Waals surface area contributed by atoms with Gasteiger partial charge in [0.25, 0.3) is 5.56 Å². The fraction of sp³-hybridized carbons (Fsp3) is 0.227. The van der Waals surface area contributed by atoms with E-state index in [1.165, 1.54) is 12.1 Å². The lowest BCUT2D eigenvalue weighted by Crippen LogP contribution is -2.24. The van der Waals surface area contributed by atoms with Gasteiger partial charge in [-0.25, -0.2) is 9.37 Å². The van der Waals surface area contributed by atoms with Gasteiger partial charge in [-0.05, 0) is 43.3 Å². The molecule has 2 aromatic carbocycles. The van der Waals surface area contributed by atoms with Gasteiger partial charge in [0.1, 0.15) is 22.6 Å². The number of benzene rings is 2. The van der Waals surface area contributed by atoms with E-state index >= 15 is 0 Å². The summed E-state index contributed by atoms with van der Waals surface area (Å²) in [7, 11) is 3.41. The van der Waals surface area contributed by atoms with Crippen LogP contribution in [0.15, 0.2) is 46.3 Å². The van der Waals surface area contributed by atoms with Crippen LogP contribution in [0.2, 0.25) is 5.02 Å². The van der Waals surface area contributed by atoms with Gasteiger partial charge in [-0.15, -0.1) is 0 Å². The summed E-state index contributed by atoms with van der Waals surface area (Å²) in [6.45, 7) is 2.25. The normalized spacial score (nSPS) is 11.3. The number of carbonyl (C=O) groups is 1. The largest absolute Gasteiger partial charge is 0.497 e. The number of nitrogens with zero attached hydrogens (tertiary/aromatic N) is 3. The maximum Gasteiger partial charge on any atom is 0.278 e. The van der Waals surface area contributed by atoms with Gasteiger partial charge in [-0.2, -0.15) is 0 Å². The highest BCUT2D eigenvalue weighted by Crippen LogP contribution is 2.30. The minimum absolute atomic E-state index is 0.000259. The van der Waals surface area contributed by atoms with Crippen molar-refractivity contribution in [1.29, 1.82) is 0 Å². The van der Waals surface area contributed by atoms with Crippen LogP contribution in [0.3, 0.4) is 0 Å². The average Bonchev–Trinajstić information content (AvgIpc) is 3.05. The predicted molar refractivity (Wildman–Crippen MR) is 125 cm³/mol. The summed E-state index contributed by atoms with van der Waals surface area (Å²) in [5.74, 6) is -0.172. The average molecular weight is 475 g/mol. The number of amides is 1. The number of halogens is 2. The molecule has 0 spiro atoms. The fourth-order valence-electron chi connectivity index (χ4n) is 3.56. The molecule has 2 aromatic heterocycles. The lowest BCUT2D eigenvalue weighted by atomic mass is 10.2. The maximum atomic E-state index is 13.2. The van der Waals surface area contributed by atoms with Crippen molar-refractivity contribution in [2.24, 2.45) is 7.05 Å². The third kappa shape index (κ3) is 3.93. The number of hydrogen-bond acceptors (Lipinski definition) is 5. The van der Waals surface area contributed by atoms with E-state index in [-0.39, 0.29) is 22.2 Å². The van der Waals surface area contributed by atoms with E-state index in [2.05, 4.69) is 5.32 Å². The summed E-state index contributed by atoms with van der Waals surface area (Å²) in [6.07, 6.45) is 0. The van der Waals surface area contributed by atoms with E-state index in [0.717, 1.165) is 28.7 Å². The molecule has 0 aliphatic rings. The minimum atomic E-state index is -0.487. The van der Waals surface area contributed by atoms with Crippen LogP contribution in [-0.2, 0) is 18.4 Å². The van der Waals surface area contributed by atoms with Crippen molar-refractivity contribution < 1.29 is 13.9 Å². The second-order valence-corrected chi connectivity index (χ2v) is 8.39. The Labute approximate surface area is 192 Å². The highest BCUT2D eigenvalue weighted by molar-refractivity contribution is 7.99. The smallest absolute Gasteiger partial charge is 0.278 e. The van der Waals surface area contributed by atoms with Crippen LogP contribution in [0.5, 0.6) is 5.75 Å². The lowest BCUT2D eigenvalue weighted by Gasteiger charge is -2.11. The first kappa shape index (κ1) is 22.2. The van der Waals surface area contributed by atoms with Crippen LogP contribution in [-0.4, -0.2) is 32.9 Å². The molecule has 0 atom stereocenters. The molecule has 0 saturated carbocycles. The monoisotopic (exact) mass is 474 g/mol. The first-order valence-corrected chi connectivity index (χ1v) is 11.1. The van der Waals surface area contributed by atoms with E-state index < -0.39 is 5.82 Å². The highest BCUT2D eigenvalue weighted by Gasteiger charge is 2.19. The van der Waals surface area contributed by atoms with Gasteiger partial charge in [-0.3, -0.25) is 14.2 Å². The van der Waals surface area contributed by atoms with Gasteiger partial charge in [0.2, 0.25) is 5.91 Å². The summed E-state index contributed by atoms with van der Waals surface area (Å²) in [5.41, 5.74) is 2.04. The molecule has 10 heteroatoms. The Morgan fingerprint density at radius 2 is 2.06 bits per heavy atom. The number of methoxy groups -OCH3 is 1. The maximum absolute atomic E-state index is 13.2. The Hall–Kier alpha value is -3.04. The Balaban J connectivity index is 1.69. The molecule has 32 heavy (non-hydrogen) atoms. The minimum Gasteiger partial charge on any atom is -0.497 e. The zero-order valence-corrected chi connectivity index (χ0v) is 19.2. The number of anilines is 1. The molecule has 0 saturated heterocycles. The zero-order chi connectivity index (χ0) is 23.0. The van der Waals surface area contributed by atoms with E-state index in [0.29, 0.717) is 34.2 Å². The summed E-state index contributed by atoms with van der Waals surface area (Å²) < 4.78 is 21.9. The number of thioether (sulfide) groups is 1. The Kier molecular flexibility index (Phi) is 6.12. The number of nitrogens with one attached hydrogen (secondary N) is 1. The third-order valence-corrected chi connectivity index (χ3v) is 6.41. The van der Waals surface area contributed by atoms with E-state index in [4.69, 9.17) is 21.3 Å². The molecule has 4 aromatic rings. The van der Waals surface area contributed by atoms with Gasteiger partial charge in [0.05, 0.1) is 29.1 Å². The molecule has 0 unspecified atom stereocenters. The molecule has 0 fully saturated rings. The summed E-state index contributed by atoms with van der Waals surface area (Å²) in [4.78, 5) is 30.4. The number of rotatable bonds is 6. The van der Waals surface area contributed by atoms with Gasteiger partial charge < -0.3 is 14.6 Å². The van der Waals surface area contributed by atoms with Crippen molar-refractivity contribution in [3.8, 4) is 5.75 Å². The number of fused-ring (bicyclic) bond motifs is 3. The molecule has 7 nitrogen and oxygen atoms in total. The topological polar surface area (TPSA) is 78.2 Å². The molecule has 0 radical (unpaired) electrons. The predicted octanol–water partition coefficient (Wildman–Crippen LogP) is 4.44. The van der Waals surface area contributed by atoms with Gasteiger partial charge in [0.15, 0.2) is 5.16 Å². The molecule has 0 bridgehead atoms. The molecule has 0 aliphatic carbocycles. The van der Waals surface area contributed by atoms with Crippen LogP contribution in [0.25, 0.3) is 21.9 Å². The van der Waals surface area contributed by atoms with E-state index in [1.807, 2.05) is 36.7 Å². The fourth-order valence-corrected chi connectivity index (χ4v) is 4.63. The number of hydrogen-bond donors (Lipinski definition) is 1. The molecular weight excluding hydrogens is 455 g/mol. The van der Waals surface area contributed by atoms with Crippen molar-refractivity contribution in [2.75, 3.05) is 18.2 Å². The summed E-state index contributed by atoms with van der Waals surface area (Å²) in [6, 6.07) is 9.31. The number of carbonyl (C=O) groups excluding carboxylic acids is 1. The van der Waals surface area contributed by atoms with Gasteiger partial charge >= 0.3 is 0 Å². The van der Waals surface area contributed by atoms with Crippen LogP contribution >= 0.6 is 23.4 Å². The van der Waals surface area contributed by atoms with Crippen molar-refractivity contribution >= 4 is 56.9 Å². The van der Waals surface area contributed by atoms with Crippen molar-refractivity contribution in [3.63, 3.8) is 0 Å². The Morgan fingerprint density at radius 1 is 1.28 bits per heavy atom. The Bertz CT molecular complexity index is 1420. The first-order valence-electron chi connectivity index (χ1n) is 9.78. The zero-order valence-electron chi connectivity index (χ0n) is 17.6. The molecule has 4 rings (SSSR count). The third-order valence-electron chi connectivity index (χ3n) is 5.12. The molecule has 1 amide bonds. The van der Waals surface area contributed by atoms with Crippen LogP contribution in [0.1, 0.15) is 6.92 Å². The molecule has 166 valence electrons. The second-order valence-electron chi connectivity index (χ2n) is 7.04. The summed E-state index contributed by atoms with van der Waals surface area (Å²) in [5, 5.41) is 3.99. The van der Waals surface area contributed by atoms with Crippen molar-refractivity contribution in [1.82, 2.24) is 14.1 Å². The molecular formula is C22H20ClFN4O3S. The quantitative estimate of drug-likeness (QED) is 0.330. The highest BCUT2D eigenvalue weighted by atomic mass is 35.5. The number of aromatic nitrogens is 3. The van der Waals surface area contributed by atoms with Crippen molar-refractivity contribution in [3.05, 3.63) is 57.6 Å². The van der Waals surface area contributed by atoms with Crippen LogP contribution < -0.4 is 15.6 Å². The molecule has 0 aliphatic heterocycles. The number of aryl methyl sites for hydroxylation is 1. The van der Waals surface area contributed by atoms with Crippen molar-refractivity contribution in [2.45, 2.75) is 18.6 Å². The molecule has 1 N–H and O–H groups in total. The SMILES string of the molecule is CCn1c(SCC(=O)Nc2ccc(F)cc2Cl)nc2c3cc(OC)ccc3n(C)c2c1=O. The van der Waals surface area contributed by atoms with Gasteiger partial charge in [-0.1, -0.05) is 23.4 Å². The lowest BCUT2D eigenvalue weighted by molar-refractivity contribution is -0.113. The molecule has 2 heterocycles. The summed E-state index contributed by atoms with van der Waals surface area (Å²) >= 11 is 7.12. The van der Waals surface area contributed by atoms with E-state index in [9.17, 15) is 14.0 Å². The first-order chi connectivity index (χ1) is 15.3. The van der Waals surface area contributed by atoms with Gasteiger partial charge in [0, 0.05) is 19.0 Å². The number of ether oxygens (including phenoxy) is 1. The van der Waals surface area contributed by atoms with Crippen LogP contribution in [0, 0.1) is 5.82 Å². The standard InChI is InChI=1S/C22H20ClFN4O3S/c1-4-28-21(30)20-19(14-10-13(31-3)6-8-17(14)27(20)2)26-22(28)32-11-18(29)25-16-7-5-12(24)9-15(16)23/h5-10H,4,11H2,1-3H3,(H,25,29).